The topological polar surface area (TPSA) is 15.3 Å². The van der Waals surface area contributed by atoms with Crippen LogP contribution in [0.4, 0.5) is 0 Å². The van der Waals surface area contributed by atoms with Crippen LogP contribution in [-0.2, 0) is 0 Å². The van der Waals surface area contributed by atoms with Crippen molar-refractivity contribution in [3.8, 4) is 0 Å². The molecule has 0 saturated carbocycles. The highest BCUT2D eigenvalue weighted by molar-refractivity contribution is 7.10. The predicted molar refractivity (Wildman–Crippen MR) is 66.4 cm³/mol. The Balaban J connectivity index is 1.97. The molecule has 0 aliphatic carbocycles. The van der Waals surface area contributed by atoms with E-state index < -0.39 is 0 Å². The van der Waals surface area contributed by atoms with Crippen LogP contribution >= 0.6 is 11.3 Å². The van der Waals surface area contributed by atoms with E-state index in [0.717, 1.165) is 6.04 Å². The summed E-state index contributed by atoms with van der Waals surface area (Å²) in [7, 11) is 2.26. The molecule has 0 unspecified atom stereocenters. The summed E-state index contributed by atoms with van der Waals surface area (Å²) in [6, 6.07) is 5.70. The Labute approximate surface area is 96.3 Å². The molecule has 1 aromatic heterocycles. The van der Waals surface area contributed by atoms with Crippen molar-refractivity contribution in [3.63, 3.8) is 0 Å². The maximum Gasteiger partial charge on any atom is 0.0413 e. The lowest BCUT2D eigenvalue weighted by molar-refractivity contribution is 0.154. The molecule has 1 saturated heterocycles. The number of hydrogen-bond donors (Lipinski definition) is 1. The molecule has 1 aromatic rings. The number of rotatable bonds is 3. The second-order valence-corrected chi connectivity index (χ2v) is 5.32. The number of piperidine rings is 1. The Kier molecular flexibility index (Phi) is 3.78. The van der Waals surface area contributed by atoms with Crippen molar-refractivity contribution < 1.29 is 0 Å². The van der Waals surface area contributed by atoms with Crippen molar-refractivity contribution in [1.29, 1.82) is 0 Å². The van der Waals surface area contributed by atoms with Gasteiger partial charge in [-0.3, -0.25) is 4.90 Å². The van der Waals surface area contributed by atoms with Crippen LogP contribution in [0.1, 0.15) is 30.7 Å². The summed E-state index contributed by atoms with van der Waals surface area (Å²) in [6.07, 6.45) is 2.57. The summed E-state index contributed by atoms with van der Waals surface area (Å²) in [4.78, 5) is 4.02. The molecule has 15 heavy (non-hydrogen) atoms. The van der Waals surface area contributed by atoms with Gasteiger partial charge in [-0.25, -0.2) is 0 Å². The van der Waals surface area contributed by atoms with E-state index in [1.54, 1.807) is 0 Å². The van der Waals surface area contributed by atoms with E-state index in [9.17, 15) is 0 Å². The van der Waals surface area contributed by atoms with E-state index in [4.69, 9.17) is 0 Å². The van der Waals surface area contributed by atoms with Crippen molar-refractivity contribution in [2.45, 2.75) is 31.8 Å². The van der Waals surface area contributed by atoms with Gasteiger partial charge in [-0.1, -0.05) is 6.07 Å². The quantitative estimate of drug-likeness (QED) is 0.848. The van der Waals surface area contributed by atoms with Crippen LogP contribution in [0.5, 0.6) is 0 Å². The van der Waals surface area contributed by atoms with Crippen molar-refractivity contribution in [2.24, 2.45) is 0 Å². The van der Waals surface area contributed by atoms with Crippen LogP contribution < -0.4 is 5.32 Å². The molecule has 0 radical (unpaired) electrons. The number of hydrogen-bond acceptors (Lipinski definition) is 3. The molecule has 1 aliphatic heterocycles. The van der Waals surface area contributed by atoms with Crippen molar-refractivity contribution >= 4 is 11.3 Å². The molecule has 0 bridgehead atoms. The van der Waals surface area contributed by atoms with Gasteiger partial charge in [0.25, 0.3) is 0 Å². The van der Waals surface area contributed by atoms with Gasteiger partial charge in [-0.05, 0) is 51.3 Å². The van der Waals surface area contributed by atoms with Crippen LogP contribution in [0.3, 0.4) is 0 Å². The molecule has 0 aromatic carbocycles. The van der Waals surface area contributed by atoms with E-state index in [1.165, 1.54) is 30.8 Å². The van der Waals surface area contributed by atoms with Gasteiger partial charge < -0.3 is 5.32 Å². The first kappa shape index (κ1) is 11.1. The average molecular weight is 224 g/mol. The predicted octanol–water partition coefficient (Wildman–Crippen LogP) is 2.49. The monoisotopic (exact) mass is 224 g/mol. The second-order valence-electron chi connectivity index (χ2n) is 4.34. The first-order valence-corrected chi connectivity index (χ1v) is 6.63. The fraction of sp³-hybridized carbons (Fsp3) is 0.667. The summed E-state index contributed by atoms with van der Waals surface area (Å²) < 4.78 is 0. The minimum atomic E-state index is 0.563. The third kappa shape index (κ3) is 2.60. The van der Waals surface area contributed by atoms with E-state index in [2.05, 4.69) is 41.7 Å². The number of nitrogens with zero attached hydrogens (tertiary/aromatic N) is 1. The lowest BCUT2D eigenvalue weighted by Crippen LogP contribution is -2.41. The number of thiophene rings is 1. The summed E-state index contributed by atoms with van der Waals surface area (Å²) in [6.45, 7) is 4.66. The molecule has 84 valence electrons. The van der Waals surface area contributed by atoms with E-state index in [1.807, 2.05) is 11.3 Å². The maximum atomic E-state index is 3.42. The Hall–Kier alpha value is -0.380. The van der Waals surface area contributed by atoms with Crippen LogP contribution in [0, 0.1) is 0 Å². The Morgan fingerprint density at radius 1 is 1.47 bits per heavy atom. The highest BCUT2D eigenvalue weighted by Gasteiger charge is 2.22. The minimum Gasteiger partial charge on any atom is -0.317 e. The summed E-state index contributed by atoms with van der Waals surface area (Å²) in [5.41, 5.74) is 0. The van der Waals surface area contributed by atoms with E-state index in [0.29, 0.717) is 6.04 Å². The van der Waals surface area contributed by atoms with Crippen molar-refractivity contribution in [1.82, 2.24) is 10.2 Å². The van der Waals surface area contributed by atoms with Gasteiger partial charge in [0.1, 0.15) is 0 Å². The molecular weight excluding hydrogens is 204 g/mol. The molecule has 1 atom stereocenters. The Bertz CT molecular complexity index is 278. The molecule has 2 nitrogen and oxygen atoms in total. The first-order chi connectivity index (χ1) is 7.29. The second kappa shape index (κ2) is 5.10. The van der Waals surface area contributed by atoms with Gasteiger partial charge in [0.05, 0.1) is 0 Å². The lowest BCUT2D eigenvalue weighted by atomic mass is 10.0. The smallest absolute Gasteiger partial charge is 0.0413 e. The summed E-state index contributed by atoms with van der Waals surface area (Å²) >= 11 is 1.87. The average Bonchev–Trinajstić information content (AvgIpc) is 2.82. The van der Waals surface area contributed by atoms with Crippen LogP contribution in [0.15, 0.2) is 17.5 Å². The Morgan fingerprint density at radius 2 is 2.20 bits per heavy atom. The van der Waals surface area contributed by atoms with Crippen LogP contribution in [0.2, 0.25) is 0 Å². The van der Waals surface area contributed by atoms with Gasteiger partial charge >= 0.3 is 0 Å². The highest BCUT2D eigenvalue weighted by atomic mass is 32.1. The molecule has 1 aliphatic rings. The molecule has 1 N–H and O–H groups in total. The third-order valence-corrected chi connectivity index (χ3v) is 4.49. The summed E-state index contributed by atoms with van der Waals surface area (Å²) in [5, 5.41) is 5.59. The van der Waals surface area contributed by atoms with Gasteiger partial charge in [-0.2, -0.15) is 0 Å². The van der Waals surface area contributed by atoms with E-state index in [-0.39, 0.29) is 0 Å². The van der Waals surface area contributed by atoms with Gasteiger partial charge in [0.15, 0.2) is 0 Å². The highest BCUT2D eigenvalue weighted by Crippen LogP contribution is 2.27. The molecular formula is C12H20N2S. The maximum absolute atomic E-state index is 3.42. The van der Waals surface area contributed by atoms with Crippen molar-refractivity contribution in [2.75, 3.05) is 20.1 Å². The standard InChI is InChI=1S/C12H20N2S/c1-10(12-4-3-9-15-12)14(2)11-5-7-13-8-6-11/h3-4,9-11,13H,5-8H2,1-2H3/t10-/m1/s1. The number of nitrogens with one attached hydrogen (secondary N) is 1. The molecule has 1 fully saturated rings. The molecule has 3 heteroatoms. The Morgan fingerprint density at radius 3 is 2.80 bits per heavy atom. The zero-order valence-corrected chi connectivity index (χ0v) is 10.4. The van der Waals surface area contributed by atoms with Crippen LogP contribution in [0.25, 0.3) is 0 Å². The fourth-order valence-electron chi connectivity index (χ4n) is 2.26. The van der Waals surface area contributed by atoms with E-state index >= 15 is 0 Å². The van der Waals surface area contributed by atoms with Crippen LogP contribution in [-0.4, -0.2) is 31.1 Å². The largest absolute Gasteiger partial charge is 0.317 e. The molecule has 0 amide bonds. The summed E-state index contributed by atoms with van der Waals surface area (Å²) in [5.74, 6) is 0. The first-order valence-electron chi connectivity index (χ1n) is 5.75. The fourth-order valence-corrected chi connectivity index (χ4v) is 3.09. The normalized spacial score (nSPS) is 20.7. The zero-order chi connectivity index (χ0) is 10.7. The third-order valence-electron chi connectivity index (χ3n) is 3.45. The zero-order valence-electron chi connectivity index (χ0n) is 9.57. The minimum absolute atomic E-state index is 0.563. The molecule has 2 rings (SSSR count). The molecule has 0 spiro atoms. The SMILES string of the molecule is C[C@H](c1cccs1)N(C)C1CCNCC1. The van der Waals surface area contributed by atoms with Crippen molar-refractivity contribution in [3.05, 3.63) is 22.4 Å². The molecule has 2 heterocycles. The van der Waals surface area contributed by atoms with Gasteiger partial charge in [0, 0.05) is 17.0 Å². The lowest BCUT2D eigenvalue weighted by Gasteiger charge is -2.35. The van der Waals surface area contributed by atoms with Gasteiger partial charge in [0.2, 0.25) is 0 Å². The van der Waals surface area contributed by atoms with Gasteiger partial charge in [-0.15, -0.1) is 11.3 Å².